The Morgan fingerprint density at radius 1 is 0.977 bits per heavy atom. The van der Waals surface area contributed by atoms with Crippen molar-refractivity contribution in [3.63, 3.8) is 0 Å². The van der Waals surface area contributed by atoms with Crippen molar-refractivity contribution in [2.45, 2.75) is 31.8 Å². The highest BCUT2D eigenvalue weighted by Crippen LogP contribution is 2.36. The van der Waals surface area contributed by atoms with Gasteiger partial charge in [-0.3, -0.25) is 19.3 Å². The van der Waals surface area contributed by atoms with Gasteiger partial charge >= 0.3 is 5.97 Å². The molecule has 5 rings (SSSR count). The van der Waals surface area contributed by atoms with Crippen molar-refractivity contribution in [1.29, 1.82) is 0 Å². The second kappa shape index (κ2) is 12.2. The molecular weight excluding hydrogens is 556 g/mol. The molecule has 11 heteroatoms. The van der Waals surface area contributed by atoms with E-state index in [9.17, 15) is 19.5 Å². The molecule has 1 atom stereocenters. The number of aryl methyl sites for hydroxylation is 1. The van der Waals surface area contributed by atoms with Crippen molar-refractivity contribution in [3.05, 3.63) is 91.3 Å². The molecule has 4 aromatic rings. The first-order valence-electron chi connectivity index (χ1n) is 13.7. The summed E-state index contributed by atoms with van der Waals surface area (Å²) in [7, 11) is 7.56. The Kier molecular flexibility index (Phi) is 8.45. The molecule has 2 aromatic heterocycles. The van der Waals surface area contributed by atoms with Crippen LogP contribution in [0.3, 0.4) is 0 Å². The summed E-state index contributed by atoms with van der Waals surface area (Å²) < 4.78 is 28.7. The van der Waals surface area contributed by atoms with Crippen LogP contribution in [0, 0.1) is 0 Å². The van der Waals surface area contributed by atoms with Crippen molar-refractivity contribution in [2.75, 3.05) is 35.0 Å². The predicted octanol–water partition coefficient (Wildman–Crippen LogP) is 3.48. The van der Waals surface area contributed by atoms with E-state index in [0.717, 1.165) is 17.5 Å². The molecule has 0 aliphatic carbocycles. The van der Waals surface area contributed by atoms with Crippen molar-refractivity contribution >= 4 is 16.9 Å². The molecule has 0 amide bonds. The third kappa shape index (κ3) is 5.80. The molecule has 1 N–H and O–H groups in total. The van der Waals surface area contributed by atoms with Gasteiger partial charge in [0, 0.05) is 37.8 Å². The van der Waals surface area contributed by atoms with E-state index in [1.807, 2.05) is 12.1 Å². The predicted molar refractivity (Wildman–Crippen MR) is 158 cm³/mol. The second-order valence-corrected chi connectivity index (χ2v) is 10.4. The Morgan fingerprint density at radius 3 is 2.37 bits per heavy atom. The van der Waals surface area contributed by atoms with E-state index in [4.69, 9.17) is 23.4 Å². The lowest BCUT2D eigenvalue weighted by Crippen LogP contribution is -2.30. The number of carbonyl (C=O) groups is 1. The van der Waals surface area contributed by atoms with E-state index in [2.05, 4.69) is 4.90 Å². The lowest BCUT2D eigenvalue weighted by molar-refractivity contribution is -0.140. The van der Waals surface area contributed by atoms with E-state index in [0.29, 0.717) is 47.0 Å². The number of ether oxygens (including phenoxy) is 4. The number of pyridine rings is 1. The van der Waals surface area contributed by atoms with Crippen LogP contribution >= 0.6 is 0 Å². The quantitative estimate of drug-likeness (QED) is 0.289. The van der Waals surface area contributed by atoms with Gasteiger partial charge in [-0.25, -0.2) is 0 Å². The Balaban J connectivity index is 1.54. The van der Waals surface area contributed by atoms with E-state index in [1.54, 1.807) is 45.5 Å². The zero-order valence-electron chi connectivity index (χ0n) is 24.8. The fourth-order valence-electron chi connectivity index (χ4n) is 5.60. The van der Waals surface area contributed by atoms with E-state index >= 15 is 0 Å². The first-order chi connectivity index (χ1) is 20.7. The highest BCUT2D eigenvalue weighted by atomic mass is 16.5. The minimum Gasteiger partial charge on any atom is -0.502 e. The third-order valence-corrected chi connectivity index (χ3v) is 7.93. The third-order valence-electron chi connectivity index (χ3n) is 7.93. The number of rotatable bonds is 9. The summed E-state index contributed by atoms with van der Waals surface area (Å²) in [6.07, 6.45) is 0.416. The number of hydrogen-bond donors (Lipinski definition) is 1. The average molecular weight is 591 g/mol. The van der Waals surface area contributed by atoms with Gasteiger partial charge < -0.3 is 33.0 Å². The van der Waals surface area contributed by atoms with Crippen LogP contribution in [0.5, 0.6) is 23.0 Å². The lowest BCUT2D eigenvalue weighted by Gasteiger charge is -2.29. The van der Waals surface area contributed by atoms with Gasteiger partial charge in [0.1, 0.15) is 11.5 Å². The SMILES string of the molecule is COC(=O)C[C@@H](c1oc(CN2CCc3cc(OC)c(OC)cc3C2)cc(=O)c1O)c1cc2ccc(OC)cc2n(C)c1=O. The minimum absolute atomic E-state index is 0.165. The second-order valence-electron chi connectivity index (χ2n) is 10.4. The van der Waals surface area contributed by atoms with Gasteiger partial charge in [0.2, 0.25) is 11.2 Å². The normalized spacial score (nSPS) is 13.8. The molecule has 226 valence electrons. The Hall–Kier alpha value is -4.77. The Morgan fingerprint density at radius 2 is 1.70 bits per heavy atom. The number of benzene rings is 2. The van der Waals surface area contributed by atoms with Crippen LogP contribution in [0.2, 0.25) is 0 Å². The van der Waals surface area contributed by atoms with Gasteiger partial charge in [-0.15, -0.1) is 0 Å². The van der Waals surface area contributed by atoms with E-state index in [-0.39, 0.29) is 24.3 Å². The number of hydrogen-bond acceptors (Lipinski definition) is 10. The zero-order chi connectivity index (χ0) is 30.8. The molecule has 0 fully saturated rings. The number of aromatic nitrogens is 1. The molecule has 0 bridgehead atoms. The molecule has 0 spiro atoms. The molecule has 0 radical (unpaired) electrons. The molecular formula is C32H34N2O9. The Bertz CT molecular complexity index is 1810. The summed E-state index contributed by atoms with van der Waals surface area (Å²) >= 11 is 0. The first kappa shape index (κ1) is 29.7. The van der Waals surface area contributed by atoms with Crippen LogP contribution < -0.4 is 25.2 Å². The average Bonchev–Trinajstić information content (AvgIpc) is 3.02. The molecule has 3 heterocycles. The van der Waals surface area contributed by atoms with Crippen molar-refractivity contribution < 1.29 is 33.3 Å². The summed E-state index contributed by atoms with van der Waals surface area (Å²) in [5, 5.41) is 11.6. The van der Waals surface area contributed by atoms with Gasteiger partial charge in [-0.05, 0) is 53.3 Å². The standard InChI is InChI=1S/C32H34N2O9/c1-33-25-13-21(39-2)7-6-19(25)10-24(32(33)38)23(15-29(36)42-5)31-30(37)26(35)14-22(43-31)17-34-9-8-18-11-27(40-3)28(41-4)12-20(18)16-34/h6-7,10-14,23,37H,8-9,15-17H2,1-5H3/t23-/m1/s1. The van der Waals surface area contributed by atoms with Gasteiger partial charge in [-0.1, -0.05) is 0 Å². The maximum atomic E-state index is 13.6. The molecule has 1 aliphatic heterocycles. The summed E-state index contributed by atoms with van der Waals surface area (Å²) in [5.74, 6) is -0.371. The largest absolute Gasteiger partial charge is 0.502 e. The van der Waals surface area contributed by atoms with Gasteiger partial charge in [0.15, 0.2) is 17.3 Å². The van der Waals surface area contributed by atoms with E-state index < -0.39 is 28.6 Å². The van der Waals surface area contributed by atoms with Gasteiger partial charge in [-0.2, -0.15) is 0 Å². The van der Waals surface area contributed by atoms with Crippen LogP contribution in [-0.2, 0) is 36.1 Å². The number of esters is 1. The van der Waals surface area contributed by atoms with Crippen molar-refractivity contribution in [3.8, 4) is 23.0 Å². The molecule has 43 heavy (non-hydrogen) atoms. The fraction of sp³-hybridized carbons (Fsp3) is 0.344. The summed E-state index contributed by atoms with van der Waals surface area (Å²) in [4.78, 5) is 41.3. The highest BCUT2D eigenvalue weighted by molar-refractivity contribution is 5.82. The van der Waals surface area contributed by atoms with Crippen LogP contribution in [0.15, 0.2) is 56.5 Å². The molecule has 0 saturated carbocycles. The van der Waals surface area contributed by atoms with Crippen molar-refractivity contribution in [1.82, 2.24) is 9.47 Å². The molecule has 0 saturated heterocycles. The number of carbonyl (C=O) groups excluding carboxylic acids is 1. The fourth-order valence-corrected chi connectivity index (χ4v) is 5.60. The summed E-state index contributed by atoms with van der Waals surface area (Å²) in [5.41, 5.74) is 1.91. The molecule has 1 aliphatic rings. The number of fused-ring (bicyclic) bond motifs is 2. The van der Waals surface area contributed by atoms with Crippen LogP contribution in [0.25, 0.3) is 10.9 Å². The summed E-state index contributed by atoms with van der Waals surface area (Å²) in [6.45, 7) is 1.51. The zero-order valence-corrected chi connectivity index (χ0v) is 24.8. The maximum absolute atomic E-state index is 13.6. The van der Waals surface area contributed by atoms with Gasteiger partial charge in [0.25, 0.3) is 5.56 Å². The van der Waals surface area contributed by atoms with Crippen LogP contribution in [0.1, 0.15) is 40.5 Å². The highest BCUT2D eigenvalue weighted by Gasteiger charge is 2.30. The molecule has 2 aromatic carbocycles. The van der Waals surface area contributed by atoms with E-state index in [1.165, 1.54) is 24.9 Å². The molecule has 11 nitrogen and oxygen atoms in total. The summed E-state index contributed by atoms with van der Waals surface area (Å²) in [6, 6.07) is 12.1. The monoisotopic (exact) mass is 590 g/mol. The number of nitrogens with zero attached hydrogens (tertiary/aromatic N) is 2. The Labute approximate surface area is 247 Å². The lowest BCUT2D eigenvalue weighted by atomic mass is 9.92. The topological polar surface area (TPSA) is 130 Å². The van der Waals surface area contributed by atoms with Crippen molar-refractivity contribution in [2.24, 2.45) is 7.05 Å². The van der Waals surface area contributed by atoms with Crippen LogP contribution in [0.4, 0.5) is 0 Å². The number of aromatic hydroxyl groups is 1. The first-order valence-corrected chi connectivity index (χ1v) is 13.7. The maximum Gasteiger partial charge on any atom is 0.306 e. The number of methoxy groups -OCH3 is 4. The minimum atomic E-state index is -1.08. The van der Waals surface area contributed by atoms with Crippen LogP contribution in [-0.4, -0.2) is 55.5 Å². The van der Waals surface area contributed by atoms with Gasteiger partial charge in [0.05, 0.1) is 52.8 Å². The molecule has 0 unspecified atom stereocenters. The smallest absolute Gasteiger partial charge is 0.306 e.